The van der Waals surface area contributed by atoms with Crippen molar-refractivity contribution < 1.29 is 9.18 Å². The zero-order chi connectivity index (χ0) is 22.1. The number of hydrogen-bond acceptors (Lipinski definition) is 3. The van der Waals surface area contributed by atoms with Crippen molar-refractivity contribution in [1.29, 1.82) is 0 Å². The lowest BCUT2D eigenvalue weighted by Gasteiger charge is -2.13. The van der Waals surface area contributed by atoms with E-state index >= 15 is 0 Å². The van der Waals surface area contributed by atoms with Gasteiger partial charge in [0.1, 0.15) is 11.4 Å². The molecule has 2 aromatic heterocycles. The lowest BCUT2D eigenvalue weighted by atomic mass is 10.0. The molecule has 0 saturated carbocycles. The highest BCUT2D eigenvalue weighted by Gasteiger charge is 2.19. The van der Waals surface area contributed by atoms with Crippen LogP contribution in [-0.2, 0) is 13.0 Å². The SMILES string of the molecule is Cc1ccc(CNC(=O)c2cnn3c(C)c(Cc4ccc(F)cc4Cl)c(C)nc23)cc1. The van der Waals surface area contributed by atoms with E-state index in [1.165, 1.54) is 23.9 Å². The quantitative estimate of drug-likeness (QED) is 0.480. The summed E-state index contributed by atoms with van der Waals surface area (Å²) >= 11 is 6.21. The van der Waals surface area contributed by atoms with Crippen molar-refractivity contribution in [1.82, 2.24) is 19.9 Å². The van der Waals surface area contributed by atoms with Gasteiger partial charge in [-0.25, -0.2) is 13.9 Å². The van der Waals surface area contributed by atoms with E-state index in [1.807, 2.05) is 45.0 Å². The highest BCUT2D eigenvalue weighted by molar-refractivity contribution is 6.31. The molecule has 0 unspecified atom stereocenters. The summed E-state index contributed by atoms with van der Waals surface area (Å²) in [7, 11) is 0. The summed E-state index contributed by atoms with van der Waals surface area (Å²) in [6.07, 6.45) is 2.03. The summed E-state index contributed by atoms with van der Waals surface area (Å²) in [6, 6.07) is 12.4. The molecular weight excluding hydrogens is 415 g/mol. The van der Waals surface area contributed by atoms with Crippen LogP contribution in [0.3, 0.4) is 0 Å². The van der Waals surface area contributed by atoms with Crippen molar-refractivity contribution in [2.45, 2.75) is 33.7 Å². The Hall–Kier alpha value is -3.25. The first kappa shape index (κ1) is 21.0. The molecule has 1 amide bonds. The monoisotopic (exact) mass is 436 g/mol. The minimum Gasteiger partial charge on any atom is -0.348 e. The number of hydrogen-bond donors (Lipinski definition) is 1. The number of nitrogens with one attached hydrogen (secondary N) is 1. The second kappa shape index (κ2) is 8.47. The van der Waals surface area contributed by atoms with Gasteiger partial charge in [-0.3, -0.25) is 4.79 Å². The number of carbonyl (C=O) groups is 1. The van der Waals surface area contributed by atoms with Gasteiger partial charge >= 0.3 is 0 Å². The molecule has 158 valence electrons. The van der Waals surface area contributed by atoms with Crippen LogP contribution in [0.5, 0.6) is 0 Å². The van der Waals surface area contributed by atoms with Crippen molar-refractivity contribution in [2.75, 3.05) is 0 Å². The number of benzene rings is 2. The van der Waals surface area contributed by atoms with E-state index in [-0.39, 0.29) is 11.7 Å². The zero-order valence-electron chi connectivity index (χ0n) is 17.5. The van der Waals surface area contributed by atoms with E-state index in [9.17, 15) is 9.18 Å². The number of fused-ring (bicyclic) bond motifs is 1. The molecule has 0 aliphatic heterocycles. The van der Waals surface area contributed by atoms with Gasteiger partial charge in [-0.05, 0) is 49.6 Å². The van der Waals surface area contributed by atoms with E-state index < -0.39 is 0 Å². The number of amides is 1. The molecule has 0 bridgehead atoms. The van der Waals surface area contributed by atoms with E-state index in [1.54, 1.807) is 10.6 Å². The van der Waals surface area contributed by atoms with Gasteiger partial charge in [0, 0.05) is 29.4 Å². The molecule has 5 nitrogen and oxygen atoms in total. The third-order valence-corrected chi connectivity index (χ3v) is 5.76. The average molecular weight is 437 g/mol. The maximum Gasteiger partial charge on any atom is 0.257 e. The summed E-state index contributed by atoms with van der Waals surface area (Å²) in [5.74, 6) is -0.597. The summed E-state index contributed by atoms with van der Waals surface area (Å²) in [4.78, 5) is 17.4. The fraction of sp³-hybridized carbons (Fsp3) is 0.208. The minimum atomic E-state index is -0.371. The molecule has 0 saturated heterocycles. The highest BCUT2D eigenvalue weighted by atomic mass is 35.5. The van der Waals surface area contributed by atoms with E-state index in [0.717, 1.165) is 28.1 Å². The lowest BCUT2D eigenvalue weighted by Crippen LogP contribution is -2.23. The normalized spacial score (nSPS) is 11.1. The molecule has 4 rings (SSSR count). The maximum atomic E-state index is 13.4. The van der Waals surface area contributed by atoms with Gasteiger partial charge in [-0.15, -0.1) is 0 Å². The molecule has 4 aromatic rings. The zero-order valence-corrected chi connectivity index (χ0v) is 18.3. The summed E-state index contributed by atoms with van der Waals surface area (Å²) in [6.45, 7) is 6.27. The Morgan fingerprint density at radius 1 is 1.13 bits per heavy atom. The van der Waals surface area contributed by atoms with Crippen molar-refractivity contribution in [3.8, 4) is 0 Å². The molecule has 0 aliphatic rings. The van der Waals surface area contributed by atoms with Crippen LogP contribution < -0.4 is 5.32 Å². The second-order valence-electron chi connectivity index (χ2n) is 7.64. The Balaban J connectivity index is 1.61. The first-order chi connectivity index (χ1) is 14.8. The largest absolute Gasteiger partial charge is 0.348 e. The van der Waals surface area contributed by atoms with Crippen LogP contribution in [0.4, 0.5) is 4.39 Å². The molecular formula is C24H22ClFN4O. The van der Waals surface area contributed by atoms with E-state index in [2.05, 4.69) is 15.4 Å². The fourth-order valence-corrected chi connectivity index (χ4v) is 3.80. The number of aromatic nitrogens is 3. The van der Waals surface area contributed by atoms with Crippen LogP contribution in [0.1, 0.15) is 44.0 Å². The number of nitrogens with zero attached hydrogens (tertiary/aromatic N) is 3. The Labute approximate surface area is 184 Å². The summed E-state index contributed by atoms with van der Waals surface area (Å²) in [5.41, 5.74) is 6.50. The Bertz CT molecular complexity index is 1280. The molecule has 31 heavy (non-hydrogen) atoms. The van der Waals surface area contributed by atoms with Crippen LogP contribution in [0.2, 0.25) is 5.02 Å². The first-order valence-electron chi connectivity index (χ1n) is 9.95. The summed E-state index contributed by atoms with van der Waals surface area (Å²) in [5, 5.41) is 7.69. The average Bonchev–Trinajstić information content (AvgIpc) is 3.16. The van der Waals surface area contributed by atoms with Gasteiger partial charge in [0.2, 0.25) is 0 Å². The van der Waals surface area contributed by atoms with Gasteiger partial charge in [-0.1, -0.05) is 47.5 Å². The van der Waals surface area contributed by atoms with Crippen molar-refractivity contribution in [3.05, 3.63) is 98.7 Å². The minimum absolute atomic E-state index is 0.226. The van der Waals surface area contributed by atoms with Crippen molar-refractivity contribution in [3.63, 3.8) is 0 Å². The van der Waals surface area contributed by atoms with Crippen LogP contribution in [0.15, 0.2) is 48.7 Å². The molecule has 0 fully saturated rings. The fourth-order valence-electron chi connectivity index (χ4n) is 3.57. The van der Waals surface area contributed by atoms with Gasteiger partial charge in [-0.2, -0.15) is 5.10 Å². The Morgan fingerprint density at radius 3 is 2.58 bits per heavy atom. The maximum absolute atomic E-state index is 13.4. The molecule has 2 heterocycles. The van der Waals surface area contributed by atoms with Crippen LogP contribution in [0.25, 0.3) is 5.65 Å². The van der Waals surface area contributed by atoms with E-state index in [4.69, 9.17) is 11.6 Å². The predicted molar refractivity (Wildman–Crippen MR) is 119 cm³/mol. The molecule has 2 aromatic carbocycles. The third-order valence-electron chi connectivity index (χ3n) is 5.41. The van der Waals surface area contributed by atoms with E-state index in [0.29, 0.717) is 29.2 Å². The smallest absolute Gasteiger partial charge is 0.257 e. The number of aryl methyl sites for hydroxylation is 3. The molecule has 0 spiro atoms. The first-order valence-corrected chi connectivity index (χ1v) is 10.3. The number of rotatable bonds is 5. The molecule has 1 N–H and O–H groups in total. The third kappa shape index (κ3) is 4.30. The lowest BCUT2D eigenvalue weighted by molar-refractivity contribution is 0.0952. The number of halogens is 2. The summed E-state index contributed by atoms with van der Waals surface area (Å²) < 4.78 is 15.0. The van der Waals surface area contributed by atoms with Crippen molar-refractivity contribution in [2.24, 2.45) is 0 Å². The molecule has 0 atom stereocenters. The molecule has 7 heteroatoms. The van der Waals surface area contributed by atoms with Gasteiger partial charge in [0.05, 0.1) is 6.20 Å². The Kier molecular flexibility index (Phi) is 5.74. The topological polar surface area (TPSA) is 59.3 Å². The Morgan fingerprint density at radius 2 is 1.87 bits per heavy atom. The molecule has 0 radical (unpaired) electrons. The van der Waals surface area contributed by atoms with Crippen LogP contribution in [0, 0.1) is 26.6 Å². The van der Waals surface area contributed by atoms with Crippen LogP contribution >= 0.6 is 11.6 Å². The van der Waals surface area contributed by atoms with Gasteiger partial charge < -0.3 is 5.32 Å². The van der Waals surface area contributed by atoms with Crippen molar-refractivity contribution >= 4 is 23.2 Å². The highest BCUT2D eigenvalue weighted by Crippen LogP contribution is 2.25. The van der Waals surface area contributed by atoms with Gasteiger partial charge in [0.25, 0.3) is 5.91 Å². The predicted octanol–water partition coefficient (Wildman–Crippen LogP) is 4.97. The standard InChI is InChI=1S/C24H22ClFN4O/c1-14-4-6-17(7-5-14)12-27-24(31)21-13-28-30-16(3)20(15(2)29-23(21)30)10-18-8-9-19(26)11-22(18)25/h4-9,11,13H,10,12H2,1-3H3,(H,27,31). The molecule has 0 aliphatic carbocycles. The second-order valence-corrected chi connectivity index (χ2v) is 8.04. The van der Waals surface area contributed by atoms with Gasteiger partial charge in [0.15, 0.2) is 5.65 Å². The van der Waals surface area contributed by atoms with Crippen LogP contribution in [-0.4, -0.2) is 20.5 Å². The number of carbonyl (C=O) groups excluding carboxylic acids is 1.